The average Bonchev–Trinajstić information content (AvgIpc) is 2.87. The molecule has 2 heterocycles. The van der Waals surface area contributed by atoms with Gasteiger partial charge in [0.1, 0.15) is 0 Å². The molecule has 3 N–H and O–H groups in total. The van der Waals surface area contributed by atoms with Crippen LogP contribution in [0.3, 0.4) is 0 Å². The minimum absolute atomic E-state index is 0. The van der Waals surface area contributed by atoms with Gasteiger partial charge in [0.2, 0.25) is 15.9 Å². The number of hydrogen-bond acceptors (Lipinski definition) is 6. The molecule has 1 saturated heterocycles. The number of ether oxygens (including phenoxy) is 2. The number of benzene rings is 1. The molecule has 0 bridgehead atoms. The summed E-state index contributed by atoms with van der Waals surface area (Å²) >= 11 is 0. The van der Waals surface area contributed by atoms with Crippen LogP contribution in [0.25, 0.3) is 0 Å². The molecule has 10 heteroatoms. The van der Waals surface area contributed by atoms with Crippen LogP contribution in [-0.4, -0.2) is 52.7 Å². The summed E-state index contributed by atoms with van der Waals surface area (Å²) in [5.74, 6) is 0.587. The van der Waals surface area contributed by atoms with Crippen LogP contribution in [0, 0.1) is 0 Å². The zero-order chi connectivity index (χ0) is 18.6. The standard InChI is InChI=1S/C17H25N3O5S.ClH/c1-12(17(21)19-13-4-2-7-18-11-13)20-26(22,23)14-5-6-15-16(10-14)25-9-3-8-24-15;/h5-6,10,12-13,18,20H,2-4,7-9,11H2,1H3,(H,19,21);1H/t12?,13-;/m0./s1. The van der Waals surface area contributed by atoms with Gasteiger partial charge in [0.05, 0.1) is 24.2 Å². The van der Waals surface area contributed by atoms with Crippen molar-refractivity contribution in [3.8, 4) is 11.5 Å². The fraction of sp³-hybridized carbons (Fsp3) is 0.588. The number of halogens is 1. The van der Waals surface area contributed by atoms with Crippen LogP contribution >= 0.6 is 12.4 Å². The molecule has 8 nitrogen and oxygen atoms in total. The Kier molecular flexibility index (Phi) is 7.72. The molecule has 0 saturated carbocycles. The molecule has 1 amide bonds. The highest BCUT2D eigenvalue weighted by molar-refractivity contribution is 7.89. The van der Waals surface area contributed by atoms with E-state index in [0.29, 0.717) is 31.3 Å². The van der Waals surface area contributed by atoms with Crippen LogP contribution in [-0.2, 0) is 14.8 Å². The van der Waals surface area contributed by atoms with Gasteiger partial charge in [-0.05, 0) is 38.4 Å². The van der Waals surface area contributed by atoms with E-state index in [-0.39, 0.29) is 29.3 Å². The predicted molar refractivity (Wildman–Crippen MR) is 103 cm³/mol. The molecular formula is C17H26ClN3O5S. The first-order valence-corrected chi connectivity index (χ1v) is 10.4. The summed E-state index contributed by atoms with van der Waals surface area (Å²) in [6.45, 7) is 4.18. The van der Waals surface area contributed by atoms with Crippen LogP contribution in [0.4, 0.5) is 0 Å². The first-order chi connectivity index (χ1) is 12.5. The number of sulfonamides is 1. The number of amides is 1. The van der Waals surface area contributed by atoms with E-state index < -0.39 is 16.1 Å². The molecule has 1 aromatic rings. The zero-order valence-electron chi connectivity index (χ0n) is 15.2. The van der Waals surface area contributed by atoms with Crippen molar-refractivity contribution < 1.29 is 22.7 Å². The summed E-state index contributed by atoms with van der Waals surface area (Å²) in [5.41, 5.74) is 0. The first-order valence-electron chi connectivity index (χ1n) is 8.89. The Labute approximate surface area is 165 Å². The number of fused-ring (bicyclic) bond motifs is 1. The van der Waals surface area contributed by atoms with Crippen molar-refractivity contribution in [2.75, 3.05) is 26.3 Å². The third kappa shape index (κ3) is 5.71. The molecule has 2 aliphatic heterocycles. The fourth-order valence-corrected chi connectivity index (χ4v) is 4.18. The van der Waals surface area contributed by atoms with E-state index in [1.807, 2.05) is 0 Å². The van der Waals surface area contributed by atoms with Crippen molar-refractivity contribution in [3.05, 3.63) is 18.2 Å². The van der Waals surface area contributed by atoms with Crippen molar-refractivity contribution in [1.29, 1.82) is 0 Å². The fourth-order valence-electron chi connectivity index (χ4n) is 2.97. The highest BCUT2D eigenvalue weighted by Crippen LogP contribution is 2.31. The number of rotatable bonds is 5. The molecule has 3 rings (SSSR count). The summed E-state index contributed by atoms with van der Waals surface area (Å²) in [4.78, 5) is 12.3. The van der Waals surface area contributed by atoms with E-state index in [9.17, 15) is 13.2 Å². The van der Waals surface area contributed by atoms with Gasteiger partial charge in [0.25, 0.3) is 0 Å². The van der Waals surface area contributed by atoms with Gasteiger partial charge >= 0.3 is 0 Å². The Morgan fingerprint density at radius 2 is 1.96 bits per heavy atom. The van der Waals surface area contributed by atoms with E-state index >= 15 is 0 Å². The maximum atomic E-state index is 12.6. The minimum atomic E-state index is -3.85. The third-order valence-electron chi connectivity index (χ3n) is 4.40. The predicted octanol–water partition coefficient (Wildman–Crippen LogP) is 0.805. The molecule has 0 aliphatic carbocycles. The number of hydrogen-bond donors (Lipinski definition) is 3. The molecule has 152 valence electrons. The Balaban J connectivity index is 0.00000261. The van der Waals surface area contributed by atoms with Crippen molar-refractivity contribution in [2.45, 2.75) is 43.2 Å². The lowest BCUT2D eigenvalue weighted by Gasteiger charge is -2.25. The topological polar surface area (TPSA) is 106 Å². The molecular weight excluding hydrogens is 394 g/mol. The van der Waals surface area contributed by atoms with Gasteiger partial charge in [-0.1, -0.05) is 0 Å². The van der Waals surface area contributed by atoms with Crippen molar-refractivity contribution >= 4 is 28.3 Å². The zero-order valence-corrected chi connectivity index (χ0v) is 16.8. The molecule has 2 aliphatic rings. The van der Waals surface area contributed by atoms with E-state index in [1.54, 1.807) is 6.07 Å². The number of carbonyl (C=O) groups excluding carboxylic acids is 1. The van der Waals surface area contributed by atoms with Gasteiger partial charge in [0.15, 0.2) is 11.5 Å². The summed E-state index contributed by atoms with van der Waals surface area (Å²) in [6, 6.07) is 3.61. The van der Waals surface area contributed by atoms with E-state index in [1.165, 1.54) is 19.1 Å². The third-order valence-corrected chi connectivity index (χ3v) is 5.94. The SMILES string of the molecule is CC(NS(=O)(=O)c1ccc2c(c1)OCCCO2)C(=O)N[C@H]1CCCNC1.Cl. The Hall–Kier alpha value is -1.55. The monoisotopic (exact) mass is 419 g/mol. The summed E-state index contributed by atoms with van der Waals surface area (Å²) in [7, 11) is -3.85. The smallest absolute Gasteiger partial charge is 0.241 e. The number of nitrogens with one attached hydrogen (secondary N) is 3. The second-order valence-electron chi connectivity index (χ2n) is 6.55. The van der Waals surface area contributed by atoms with Crippen molar-refractivity contribution in [1.82, 2.24) is 15.4 Å². The average molecular weight is 420 g/mol. The summed E-state index contributed by atoms with van der Waals surface area (Å²) in [5, 5.41) is 6.09. The molecule has 1 aromatic carbocycles. The highest BCUT2D eigenvalue weighted by Gasteiger charge is 2.25. The van der Waals surface area contributed by atoms with Gasteiger partial charge in [-0.3, -0.25) is 4.79 Å². The van der Waals surface area contributed by atoms with E-state index in [0.717, 1.165) is 25.8 Å². The number of carbonyl (C=O) groups is 1. The Morgan fingerprint density at radius 3 is 2.67 bits per heavy atom. The second-order valence-corrected chi connectivity index (χ2v) is 8.27. The van der Waals surface area contributed by atoms with Crippen molar-refractivity contribution in [3.63, 3.8) is 0 Å². The van der Waals surface area contributed by atoms with Crippen LogP contribution in [0.2, 0.25) is 0 Å². The molecule has 0 radical (unpaired) electrons. The lowest BCUT2D eigenvalue weighted by atomic mass is 10.1. The maximum Gasteiger partial charge on any atom is 0.241 e. The largest absolute Gasteiger partial charge is 0.490 e. The Bertz CT molecular complexity index is 753. The van der Waals surface area contributed by atoms with Crippen LogP contribution in [0.5, 0.6) is 11.5 Å². The van der Waals surface area contributed by atoms with Crippen LogP contribution < -0.4 is 24.8 Å². The number of piperidine rings is 1. The molecule has 0 aromatic heterocycles. The van der Waals surface area contributed by atoms with Gasteiger partial charge in [-0.15, -0.1) is 12.4 Å². The van der Waals surface area contributed by atoms with E-state index in [2.05, 4.69) is 15.4 Å². The van der Waals surface area contributed by atoms with Crippen molar-refractivity contribution in [2.24, 2.45) is 0 Å². The van der Waals surface area contributed by atoms with Gasteiger partial charge in [-0.2, -0.15) is 4.72 Å². The quantitative estimate of drug-likeness (QED) is 0.652. The summed E-state index contributed by atoms with van der Waals surface area (Å²) in [6.07, 6.45) is 2.62. The molecule has 1 fully saturated rings. The molecule has 27 heavy (non-hydrogen) atoms. The normalized spacial score (nSPS) is 20.7. The molecule has 0 spiro atoms. The summed E-state index contributed by atoms with van der Waals surface area (Å²) < 4.78 is 38.7. The first kappa shape index (κ1) is 21.7. The Morgan fingerprint density at radius 1 is 1.22 bits per heavy atom. The second kappa shape index (κ2) is 9.59. The lowest BCUT2D eigenvalue weighted by molar-refractivity contribution is -0.123. The maximum absolute atomic E-state index is 12.6. The van der Waals surface area contributed by atoms with Crippen LogP contribution in [0.15, 0.2) is 23.1 Å². The minimum Gasteiger partial charge on any atom is -0.490 e. The van der Waals surface area contributed by atoms with Gasteiger partial charge in [0, 0.05) is 25.1 Å². The molecule has 1 unspecified atom stereocenters. The van der Waals surface area contributed by atoms with Crippen LogP contribution in [0.1, 0.15) is 26.2 Å². The van der Waals surface area contributed by atoms with Gasteiger partial charge in [-0.25, -0.2) is 8.42 Å². The molecule has 2 atom stereocenters. The highest BCUT2D eigenvalue weighted by atomic mass is 35.5. The van der Waals surface area contributed by atoms with Gasteiger partial charge < -0.3 is 20.1 Å². The van der Waals surface area contributed by atoms with E-state index in [4.69, 9.17) is 9.47 Å². The lowest BCUT2D eigenvalue weighted by Crippen LogP contribution is -2.52.